The van der Waals surface area contributed by atoms with Crippen molar-refractivity contribution in [3.8, 4) is 11.5 Å². The van der Waals surface area contributed by atoms with Gasteiger partial charge in [0, 0.05) is 30.0 Å². The van der Waals surface area contributed by atoms with Crippen molar-refractivity contribution in [1.29, 1.82) is 0 Å². The van der Waals surface area contributed by atoms with E-state index in [9.17, 15) is 9.59 Å². The van der Waals surface area contributed by atoms with Gasteiger partial charge in [-0.15, -0.1) is 0 Å². The quantitative estimate of drug-likeness (QED) is 0.769. The minimum atomic E-state index is -0.142. The molecular formula is C19H18ClNO4. The largest absolute Gasteiger partial charge is 0.454 e. The Morgan fingerprint density at radius 2 is 1.88 bits per heavy atom. The Hall–Kier alpha value is -2.53. The number of amides is 1. The second kappa shape index (κ2) is 8.03. The van der Waals surface area contributed by atoms with Crippen LogP contribution in [0.2, 0.25) is 5.02 Å². The molecule has 2 aromatic rings. The molecule has 0 saturated carbocycles. The van der Waals surface area contributed by atoms with Gasteiger partial charge >= 0.3 is 0 Å². The minimum absolute atomic E-state index is 0.0942. The first-order valence-electron chi connectivity index (χ1n) is 8.06. The van der Waals surface area contributed by atoms with Crippen molar-refractivity contribution >= 4 is 23.3 Å². The van der Waals surface area contributed by atoms with Crippen molar-refractivity contribution in [1.82, 2.24) is 5.32 Å². The molecule has 130 valence electrons. The van der Waals surface area contributed by atoms with E-state index in [4.69, 9.17) is 21.1 Å². The van der Waals surface area contributed by atoms with Gasteiger partial charge in [-0.05, 0) is 42.3 Å². The summed E-state index contributed by atoms with van der Waals surface area (Å²) in [5.74, 6) is 0.964. The van der Waals surface area contributed by atoms with Crippen LogP contribution < -0.4 is 14.8 Å². The predicted molar refractivity (Wildman–Crippen MR) is 94.3 cm³/mol. The fourth-order valence-corrected chi connectivity index (χ4v) is 2.78. The first-order chi connectivity index (χ1) is 12.1. The second-order valence-electron chi connectivity index (χ2n) is 5.72. The number of hydrogen-bond donors (Lipinski definition) is 1. The molecule has 0 atom stereocenters. The van der Waals surface area contributed by atoms with E-state index >= 15 is 0 Å². The molecule has 0 unspecified atom stereocenters. The van der Waals surface area contributed by atoms with Gasteiger partial charge in [0.1, 0.15) is 0 Å². The molecule has 1 aliphatic rings. The maximum Gasteiger partial charge on any atom is 0.231 e. The SMILES string of the molecule is O=C(CCC(=O)c1ccc2c(c1)OCO2)NCCc1cccc(Cl)c1. The Kier molecular flexibility index (Phi) is 5.56. The first-order valence-corrected chi connectivity index (χ1v) is 8.43. The van der Waals surface area contributed by atoms with Crippen molar-refractivity contribution in [2.24, 2.45) is 0 Å². The van der Waals surface area contributed by atoms with Crippen molar-refractivity contribution in [3.05, 3.63) is 58.6 Å². The van der Waals surface area contributed by atoms with Crippen molar-refractivity contribution in [2.45, 2.75) is 19.3 Å². The summed E-state index contributed by atoms with van der Waals surface area (Å²) in [5.41, 5.74) is 1.58. The maximum atomic E-state index is 12.2. The molecule has 1 N–H and O–H groups in total. The minimum Gasteiger partial charge on any atom is -0.454 e. The molecule has 0 spiro atoms. The highest BCUT2D eigenvalue weighted by atomic mass is 35.5. The Morgan fingerprint density at radius 3 is 2.72 bits per heavy atom. The molecule has 25 heavy (non-hydrogen) atoms. The number of hydrogen-bond acceptors (Lipinski definition) is 4. The summed E-state index contributed by atoms with van der Waals surface area (Å²) >= 11 is 5.92. The number of halogens is 1. The Labute approximate surface area is 150 Å². The number of ether oxygens (including phenoxy) is 2. The monoisotopic (exact) mass is 359 g/mol. The number of carbonyl (C=O) groups excluding carboxylic acids is 2. The summed E-state index contributed by atoms with van der Waals surface area (Å²) < 4.78 is 10.5. The van der Waals surface area contributed by atoms with Crippen LogP contribution in [0.1, 0.15) is 28.8 Å². The summed E-state index contributed by atoms with van der Waals surface area (Å²) in [6.45, 7) is 0.680. The summed E-state index contributed by atoms with van der Waals surface area (Å²) in [4.78, 5) is 24.1. The number of rotatable bonds is 7. The van der Waals surface area contributed by atoms with Crippen LogP contribution in [-0.2, 0) is 11.2 Å². The second-order valence-corrected chi connectivity index (χ2v) is 6.16. The molecule has 1 heterocycles. The van der Waals surface area contributed by atoms with Gasteiger partial charge in [-0.2, -0.15) is 0 Å². The van der Waals surface area contributed by atoms with E-state index in [1.54, 1.807) is 18.2 Å². The number of nitrogens with one attached hydrogen (secondary N) is 1. The molecule has 2 aromatic carbocycles. The van der Waals surface area contributed by atoms with Crippen LogP contribution in [0.15, 0.2) is 42.5 Å². The third kappa shape index (κ3) is 4.73. The Bertz CT molecular complexity index is 791. The highest BCUT2D eigenvalue weighted by Gasteiger charge is 2.16. The Morgan fingerprint density at radius 1 is 1.04 bits per heavy atom. The van der Waals surface area contributed by atoms with E-state index in [1.807, 2.05) is 24.3 Å². The molecule has 0 radical (unpaired) electrons. The zero-order chi connectivity index (χ0) is 17.6. The van der Waals surface area contributed by atoms with Crippen molar-refractivity contribution < 1.29 is 19.1 Å². The van der Waals surface area contributed by atoms with E-state index in [0.29, 0.717) is 35.1 Å². The van der Waals surface area contributed by atoms with Gasteiger partial charge in [-0.1, -0.05) is 23.7 Å². The van der Waals surface area contributed by atoms with Crippen molar-refractivity contribution in [3.63, 3.8) is 0 Å². The number of ketones is 1. The number of carbonyl (C=O) groups is 2. The van der Waals surface area contributed by atoms with Crippen LogP contribution in [0.3, 0.4) is 0 Å². The molecule has 3 rings (SSSR count). The lowest BCUT2D eigenvalue weighted by molar-refractivity contribution is -0.121. The van der Waals surface area contributed by atoms with E-state index < -0.39 is 0 Å². The number of benzene rings is 2. The number of Topliss-reactive ketones (excluding diaryl/α,β-unsaturated/α-hetero) is 1. The predicted octanol–water partition coefficient (Wildman–Crippen LogP) is 3.39. The smallest absolute Gasteiger partial charge is 0.231 e. The van der Waals surface area contributed by atoms with Gasteiger partial charge in [0.05, 0.1) is 0 Å². The zero-order valence-corrected chi connectivity index (χ0v) is 14.3. The zero-order valence-electron chi connectivity index (χ0n) is 13.6. The highest BCUT2D eigenvalue weighted by Crippen LogP contribution is 2.32. The molecule has 1 amide bonds. The molecule has 0 fully saturated rings. The average molecular weight is 360 g/mol. The van der Waals surface area contributed by atoms with E-state index in [2.05, 4.69) is 5.32 Å². The van der Waals surface area contributed by atoms with Gasteiger partial charge in [-0.3, -0.25) is 9.59 Å². The third-order valence-electron chi connectivity index (χ3n) is 3.90. The lowest BCUT2D eigenvalue weighted by atomic mass is 10.1. The fraction of sp³-hybridized carbons (Fsp3) is 0.263. The molecule has 1 aliphatic heterocycles. The maximum absolute atomic E-state index is 12.2. The van der Waals surface area contributed by atoms with Crippen LogP contribution in [-0.4, -0.2) is 25.0 Å². The molecular weight excluding hydrogens is 342 g/mol. The molecule has 5 nitrogen and oxygen atoms in total. The van der Waals surface area contributed by atoms with E-state index in [-0.39, 0.29) is 31.3 Å². The first kappa shape index (κ1) is 17.3. The van der Waals surface area contributed by atoms with Gasteiger partial charge in [0.15, 0.2) is 17.3 Å². The summed E-state index contributed by atoms with van der Waals surface area (Å²) in [6.07, 6.45) is 1.01. The van der Waals surface area contributed by atoms with Crippen LogP contribution >= 0.6 is 11.6 Å². The van der Waals surface area contributed by atoms with Crippen LogP contribution in [0.4, 0.5) is 0 Å². The molecule has 0 aromatic heterocycles. The van der Waals surface area contributed by atoms with E-state index in [1.165, 1.54) is 0 Å². The summed E-state index contributed by atoms with van der Waals surface area (Å²) in [7, 11) is 0. The summed E-state index contributed by atoms with van der Waals surface area (Å²) in [5, 5.41) is 3.50. The lowest BCUT2D eigenvalue weighted by Crippen LogP contribution is -2.26. The molecule has 6 heteroatoms. The van der Waals surface area contributed by atoms with Crippen molar-refractivity contribution in [2.75, 3.05) is 13.3 Å². The van der Waals surface area contributed by atoms with Crippen LogP contribution in [0.25, 0.3) is 0 Å². The average Bonchev–Trinajstić information content (AvgIpc) is 3.07. The third-order valence-corrected chi connectivity index (χ3v) is 4.13. The standard InChI is InChI=1S/C19H18ClNO4/c20-15-3-1-2-13(10-15)8-9-21-19(23)7-5-16(22)14-4-6-17-18(11-14)25-12-24-17/h1-4,6,10-11H,5,7-9,12H2,(H,21,23). The lowest BCUT2D eigenvalue weighted by Gasteiger charge is -2.06. The normalized spacial score (nSPS) is 12.0. The van der Waals surface area contributed by atoms with Gasteiger partial charge in [0.2, 0.25) is 12.7 Å². The summed E-state index contributed by atoms with van der Waals surface area (Å²) in [6, 6.07) is 12.6. The highest BCUT2D eigenvalue weighted by molar-refractivity contribution is 6.30. The molecule has 0 saturated heterocycles. The molecule has 0 aliphatic carbocycles. The van der Waals surface area contributed by atoms with Crippen LogP contribution in [0, 0.1) is 0 Å². The topological polar surface area (TPSA) is 64.6 Å². The Balaban J connectivity index is 1.42. The van der Waals surface area contributed by atoms with E-state index in [0.717, 1.165) is 5.56 Å². The fourth-order valence-electron chi connectivity index (χ4n) is 2.57. The number of fused-ring (bicyclic) bond motifs is 1. The van der Waals surface area contributed by atoms with Gasteiger partial charge < -0.3 is 14.8 Å². The van der Waals surface area contributed by atoms with Gasteiger partial charge in [0.25, 0.3) is 0 Å². The molecule has 0 bridgehead atoms. The van der Waals surface area contributed by atoms with Gasteiger partial charge in [-0.25, -0.2) is 0 Å². The van der Waals surface area contributed by atoms with Crippen LogP contribution in [0.5, 0.6) is 11.5 Å².